The van der Waals surface area contributed by atoms with Gasteiger partial charge in [-0.2, -0.15) is 5.10 Å². The molecule has 0 unspecified atom stereocenters. The van der Waals surface area contributed by atoms with E-state index in [0.29, 0.717) is 16.7 Å². The Morgan fingerprint density at radius 3 is 2.17 bits per heavy atom. The highest BCUT2D eigenvalue weighted by Crippen LogP contribution is 2.23. The summed E-state index contributed by atoms with van der Waals surface area (Å²) in [7, 11) is 1.71. The minimum atomic E-state index is -0.999. The summed E-state index contributed by atoms with van der Waals surface area (Å²) in [5.74, 6) is -0.847. The highest BCUT2D eigenvalue weighted by atomic mass is 16.5. The first-order chi connectivity index (χ1) is 11.6. The molecule has 2 aromatic carbocycles. The summed E-state index contributed by atoms with van der Waals surface area (Å²) < 4.78 is 7.02. The molecule has 5 nitrogen and oxygen atoms in total. The Bertz CT molecular complexity index is 841. The maximum atomic E-state index is 12.8. The first-order valence-corrected chi connectivity index (χ1v) is 7.49. The summed E-state index contributed by atoms with van der Waals surface area (Å²) in [6.45, 7) is 0. The van der Waals surface area contributed by atoms with Crippen molar-refractivity contribution < 1.29 is 14.3 Å². The van der Waals surface area contributed by atoms with Crippen LogP contribution in [-0.4, -0.2) is 21.5 Å². The van der Waals surface area contributed by atoms with Crippen LogP contribution in [0.4, 0.5) is 0 Å². The molecule has 0 aliphatic heterocycles. The minimum Gasteiger partial charge on any atom is -0.445 e. The van der Waals surface area contributed by atoms with Crippen molar-refractivity contribution >= 4 is 11.8 Å². The van der Waals surface area contributed by atoms with Gasteiger partial charge in [0.1, 0.15) is 0 Å². The second kappa shape index (κ2) is 6.91. The molecular formula is C19H16N2O3. The van der Waals surface area contributed by atoms with Gasteiger partial charge in [0.2, 0.25) is 5.78 Å². The van der Waals surface area contributed by atoms with Crippen molar-refractivity contribution in [1.29, 1.82) is 0 Å². The van der Waals surface area contributed by atoms with E-state index in [9.17, 15) is 9.59 Å². The Labute approximate surface area is 139 Å². The first kappa shape index (κ1) is 15.7. The highest BCUT2D eigenvalue weighted by Gasteiger charge is 2.27. The van der Waals surface area contributed by atoms with E-state index in [0.717, 1.165) is 0 Å². The number of nitrogens with zero attached hydrogens (tertiary/aromatic N) is 2. The second-order valence-electron chi connectivity index (χ2n) is 5.33. The molecule has 0 spiro atoms. The molecule has 1 heterocycles. The Morgan fingerprint density at radius 2 is 1.58 bits per heavy atom. The number of rotatable bonds is 5. The van der Waals surface area contributed by atoms with Gasteiger partial charge in [0, 0.05) is 24.4 Å². The minimum absolute atomic E-state index is 0.265. The Morgan fingerprint density at radius 1 is 0.958 bits per heavy atom. The summed E-state index contributed by atoms with van der Waals surface area (Å²) >= 11 is 0. The van der Waals surface area contributed by atoms with Crippen LogP contribution in [0.2, 0.25) is 0 Å². The number of carbonyl (C=O) groups excluding carboxylic acids is 2. The van der Waals surface area contributed by atoms with Gasteiger partial charge in [-0.3, -0.25) is 9.48 Å². The largest absolute Gasteiger partial charge is 0.445 e. The topological polar surface area (TPSA) is 61.2 Å². The average molecular weight is 320 g/mol. The van der Waals surface area contributed by atoms with E-state index in [2.05, 4.69) is 5.10 Å². The van der Waals surface area contributed by atoms with Gasteiger partial charge >= 0.3 is 5.97 Å². The molecule has 5 heteroatoms. The molecule has 120 valence electrons. The van der Waals surface area contributed by atoms with Gasteiger partial charge in [-0.15, -0.1) is 0 Å². The third-order valence-electron chi connectivity index (χ3n) is 3.56. The Kier molecular flexibility index (Phi) is 4.52. The normalized spacial score (nSPS) is 11.7. The van der Waals surface area contributed by atoms with Crippen LogP contribution in [-0.2, 0) is 11.8 Å². The molecule has 24 heavy (non-hydrogen) atoms. The van der Waals surface area contributed by atoms with Crippen molar-refractivity contribution in [3.63, 3.8) is 0 Å². The van der Waals surface area contributed by atoms with Gasteiger partial charge in [0.15, 0.2) is 6.10 Å². The predicted octanol–water partition coefficient (Wildman–Crippen LogP) is 3.20. The molecule has 0 bridgehead atoms. The van der Waals surface area contributed by atoms with Crippen LogP contribution in [0.1, 0.15) is 32.4 Å². The zero-order valence-corrected chi connectivity index (χ0v) is 13.1. The number of ketones is 1. The number of hydrogen-bond donors (Lipinski definition) is 0. The van der Waals surface area contributed by atoms with E-state index in [-0.39, 0.29) is 5.78 Å². The van der Waals surface area contributed by atoms with Crippen molar-refractivity contribution in [1.82, 2.24) is 9.78 Å². The van der Waals surface area contributed by atoms with Crippen molar-refractivity contribution in [2.75, 3.05) is 0 Å². The number of esters is 1. The number of benzene rings is 2. The number of Topliss-reactive ketones (excluding diaryl/α,β-unsaturated/α-hetero) is 1. The fourth-order valence-corrected chi connectivity index (χ4v) is 2.36. The monoisotopic (exact) mass is 320 g/mol. The molecule has 0 aliphatic rings. The van der Waals surface area contributed by atoms with Crippen molar-refractivity contribution in [3.8, 4) is 0 Å². The van der Waals surface area contributed by atoms with Gasteiger partial charge in [-0.25, -0.2) is 4.79 Å². The molecule has 0 N–H and O–H groups in total. The first-order valence-electron chi connectivity index (χ1n) is 7.49. The lowest BCUT2D eigenvalue weighted by atomic mass is 10.00. The third kappa shape index (κ3) is 3.41. The zero-order chi connectivity index (χ0) is 16.9. The van der Waals surface area contributed by atoms with E-state index in [1.54, 1.807) is 61.8 Å². The summed E-state index contributed by atoms with van der Waals surface area (Å²) in [5, 5.41) is 3.95. The Hall–Kier alpha value is -3.21. The van der Waals surface area contributed by atoms with E-state index in [1.165, 1.54) is 10.9 Å². The average Bonchev–Trinajstić information content (AvgIpc) is 3.07. The van der Waals surface area contributed by atoms with E-state index >= 15 is 0 Å². The number of carbonyl (C=O) groups is 2. The SMILES string of the molecule is Cn1cc(C(=O)O[C@H](C(=O)c2ccccc2)c2ccccc2)cn1. The summed E-state index contributed by atoms with van der Waals surface area (Å²) in [4.78, 5) is 25.2. The summed E-state index contributed by atoms with van der Waals surface area (Å²) in [6, 6.07) is 17.8. The number of aromatic nitrogens is 2. The molecule has 1 aromatic heterocycles. The molecule has 0 saturated heterocycles. The predicted molar refractivity (Wildman–Crippen MR) is 88.6 cm³/mol. The maximum absolute atomic E-state index is 12.8. The van der Waals surface area contributed by atoms with Gasteiger partial charge < -0.3 is 4.74 Å². The van der Waals surface area contributed by atoms with Gasteiger partial charge in [0.25, 0.3) is 0 Å². The van der Waals surface area contributed by atoms with Crippen LogP contribution in [0.15, 0.2) is 73.1 Å². The fourth-order valence-electron chi connectivity index (χ4n) is 2.36. The summed E-state index contributed by atoms with van der Waals surface area (Å²) in [5.41, 5.74) is 1.42. The van der Waals surface area contributed by atoms with E-state index in [4.69, 9.17) is 4.74 Å². The van der Waals surface area contributed by atoms with Gasteiger partial charge in [-0.05, 0) is 0 Å². The molecule has 0 aliphatic carbocycles. The van der Waals surface area contributed by atoms with Crippen molar-refractivity contribution in [2.24, 2.45) is 7.05 Å². The zero-order valence-electron chi connectivity index (χ0n) is 13.1. The lowest BCUT2D eigenvalue weighted by Crippen LogP contribution is -2.20. The molecule has 0 amide bonds. The fraction of sp³-hybridized carbons (Fsp3) is 0.105. The van der Waals surface area contributed by atoms with E-state index < -0.39 is 12.1 Å². The lowest BCUT2D eigenvalue weighted by Gasteiger charge is -2.17. The van der Waals surface area contributed by atoms with Crippen LogP contribution in [0, 0.1) is 0 Å². The van der Waals surface area contributed by atoms with Crippen LogP contribution in [0.5, 0.6) is 0 Å². The van der Waals surface area contributed by atoms with Crippen LogP contribution < -0.4 is 0 Å². The second-order valence-corrected chi connectivity index (χ2v) is 5.33. The molecule has 3 rings (SSSR count). The van der Waals surface area contributed by atoms with Crippen LogP contribution >= 0.6 is 0 Å². The molecule has 0 fully saturated rings. The molecule has 0 saturated carbocycles. The van der Waals surface area contributed by atoms with Crippen molar-refractivity contribution in [2.45, 2.75) is 6.10 Å². The number of hydrogen-bond acceptors (Lipinski definition) is 4. The van der Waals surface area contributed by atoms with Gasteiger partial charge in [0.05, 0.1) is 11.8 Å². The number of ether oxygens (including phenoxy) is 1. The third-order valence-corrected chi connectivity index (χ3v) is 3.56. The van der Waals surface area contributed by atoms with E-state index in [1.807, 2.05) is 12.1 Å². The van der Waals surface area contributed by atoms with Crippen molar-refractivity contribution in [3.05, 3.63) is 89.7 Å². The smallest absolute Gasteiger partial charge is 0.342 e. The quantitative estimate of drug-likeness (QED) is 0.535. The standard InChI is InChI=1S/C19H16N2O3/c1-21-13-16(12-20-21)19(23)24-18(15-10-6-3-7-11-15)17(22)14-8-4-2-5-9-14/h2-13,18H,1H3/t18-/m0/s1. The Balaban J connectivity index is 1.91. The summed E-state index contributed by atoms with van der Waals surface area (Å²) in [6.07, 6.45) is 1.97. The molecule has 3 aromatic rings. The van der Waals surface area contributed by atoms with Crippen LogP contribution in [0.3, 0.4) is 0 Å². The highest BCUT2D eigenvalue weighted by molar-refractivity contribution is 6.02. The van der Waals surface area contributed by atoms with Crippen LogP contribution in [0.25, 0.3) is 0 Å². The number of aryl methyl sites for hydroxylation is 1. The molecular weight excluding hydrogens is 304 g/mol. The van der Waals surface area contributed by atoms with Gasteiger partial charge in [-0.1, -0.05) is 60.7 Å². The molecule has 0 radical (unpaired) electrons. The lowest BCUT2D eigenvalue weighted by molar-refractivity contribution is 0.0280. The maximum Gasteiger partial charge on any atom is 0.342 e. The molecule has 1 atom stereocenters.